The number of benzene rings is 1. The van der Waals surface area contributed by atoms with Crippen molar-refractivity contribution in [2.75, 3.05) is 6.61 Å². The van der Waals surface area contributed by atoms with Gasteiger partial charge in [0.05, 0.1) is 13.0 Å². The average molecular weight is 295 g/mol. The summed E-state index contributed by atoms with van der Waals surface area (Å²) in [6.45, 7) is 10.6. The molecule has 1 aromatic rings. The van der Waals surface area contributed by atoms with Gasteiger partial charge < -0.3 is 10.1 Å². The molecule has 0 aliphatic carbocycles. The molecular formula is C17H26FNO2. The Morgan fingerprint density at radius 2 is 1.81 bits per heavy atom. The van der Waals surface area contributed by atoms with Gasteiger partial charge in [-0.25, -0.2) is 4.39 Å². The summed E-state index contributed by atoms with van der Waals surface area (Å²) in [4.78, 5) is 11.9. The second-order valence-corrected chi connectivity index (χ2v) is 7.20. The Hall–Kier alpha value is -1.58. The Balaban J connectivity index is 2.39. The van der Waals surface area contributed by atoms with Crippen LogP contribution in [0.15, 0.2) is 24.3 Å². The van der Waals surface area contributed by atoms with Crippen molar-refractivity contribution in [2.45, 2.75) is 53.0 Å². The Bertz CT molecular complexity index is 478. The highest BCUT2D eigenvalue weighted by atomic mass is 19.1. The summed E-state index contributed by atoms with van der Waals surface area (Å²) in [5.41, 5.74) is -0.131. The number of carbonyl (C=O) groups is 1. The maximum absolute atomic E-state index is 13.3. The van der Waals surface area contributed by atoms with Crippen LogP contribution in [-0.4, -0.2) is 18.1 Å². The fourth-order valence-corrected chi connectivity index (χ4v) is 2.63. The van der Waals surface area contributed by atoms with Gasteiger partial charge in [-0.15, -0.1) is 0 Å². The fourth-order valence-electron chi connectivity index (χ4n) is 2.63. The first-order valence-electron chi connectivity index (χ1n) is 7.27. The van der Waals surface area contributed by atoms with Gasteiger partial charge >= 0.3 is 0 Å². The lowest BCUT2D eigenvalue weighted by atomic mass is 9.82. The van der Waals surface area contributed by atoms with E-state index in [1.165, 1.54) is 6.07 Å². The predicted molar refractivity (Wildman–Crippen MR) is 82.8 cm³/mol. The maximum Gasteiger partial charge on any atom is 0.223 e. The number of hydrogen-bond donors (Lipinski definition) is 1. The molecule has 0 heterocycles. The van der Waals surface area contributed by atoms with Crippen LogP contribution in [0, 0.1) is 11.2 Å². The number of hydrogen-bond acceptors (Lipinski definition) is 2. The predicted octanol–water partition coefficient (Wildman–Crippen LogP) is 3.93. The monoisotopic (exact) mass is 295 g/mol. The summed E-state index contributed by atoms with van der Waals surface area (Å²) in [7, 11) is 0. The first kappa shape index (κ1) is 17.5. The molecule has 0 atom stereocenters. The van der Waals surface area contributed by atoms with Crippen LogP contribution in [0.25, 0.3) is 0 Å². The number of ether oxygens (including phenoxy) is 1. The molecule has 0 spiro atoms. The van der Waals surface area contributed by atoms with Crippen LogP contribution < -0.4 is 10.1 Å². The van der Waals surface area contributed by atoms with Crippen LogP contribution in [0.5, 0.6) is 5.75 Å². The molecule has 4 heteroatoms. The van der Waals surface area contributed by atoms with Gasteiger partial charge in [-0.1, -0.05) is 32.9 Å². The van der Waals surface area contributed by atoms with E-state index in [1.807, 2.05) is 13.8 Å². The third kappa shape index (κ3) is 7.11. The van der Waals surface area contributed by atoms with E-state index in [0.29, 0.717) is 0 Å². The number of rotatable bonds is 6. The highest BCUT2D eigenvalue weighted by Gasteiger charge is 2.26. The van der Waals surface area contributed by atoms with Crippen LogP contribution in [0.4, 0.5) is 4.39 Å². The number of halogens is 1. The van der Waals surface area contributed by atoms with Gasteiger partial charge in [0.25, 0.3) is 0 Å². The molecule has 0 saturated carbocycles. The maximum atomic E-state index is 13.3. The normalized spacial score (nSPS) is 12.1. The lowest BCUT2D eigenvalue weighted by Crippen LogP contribution is -2.46. The summed E-state index contributed by atoms with van der Waals surface area (Å²) in [5, 5.41) is 3.00. The number of amides is 1. The minimum Gasteiger partial charge on any atom is -0.490 e. The van der Waals surface area contributed by atoms with Gasteiger partial charge in [0, 0.05) is 5.54 Å². The van der Waals surface area contributed by atoms with E-state index >= 15 is 0 Å². The molecule has 0 aromatic heterocycles. The summed E-state index contributed by atoms with van der Waals surface area (Å²) in [5.74, 6) is -0.314. The van der Waals surface area contributed by atoms with E-state index in [0.717, 1.165) is 6.42 Å². The van der Waals surface area contributed by atoms with Crippen molar-refractivity contribution in [3.8, 4) is 5.75 Å². The standard InChI is InChI=1S/C17H26FNO2/c1-16(2,3)12-17(4,5)19-15(20)10-11-21-14-9-7-6-8-13(14)18/h6-9H,10-12H2,1-5H3,(H,19,20). The van der Waals surface area contributed by atoms with Crippen LogP contribution in [0.3, 0.4) is 0 Å². The quantitative estimate of drug-likeness (QED) is 0.863. The molecular weight excluding hydrogens is 269 g/mol. The molecule has 1 amide bonds. The minimum absolute atomic E-state index is 0.0828. The van der Waals surface area contributed by atoms with Crippen molar-refractivity contribution in [1.82, 2.24) is 5.32 Å². The Kier molecular flexibility index (Phi) is 5.76. The minimum atomic E-state index is -0.411. The largest absolute Gasteiger partial charge is 0.490 e. The summed E-state index contributed by atoms with van der Waals surface area (Å²) >= 11 is 0. The summed E-state index contributed by atoms with van der Waals surface area (Å²) < 4.78 is 18.6. The third-order valence-electron chi connectivity index (χ3n) is 2.87. The van der Waals surface area contributed by atoms with E-state index in [2.05, 4.69) is 26.1 Å². The zero-order valence-electron chi connectivity index (χ0n) is 13.6. The van der Waals surface area contributed by atoms with Gasteiger partial charge in [-0.3, -0.25) is 4.79 Å². The zero-order valence-corrected chi connectivity index (χ0v) is 13.6. The van der Waals surface area contributed by atoms with Crippen LogP contribution in [0.1, 0.15) is 47.5 Å². The number of para-hydroxylation sites is 1. The smallest absolute Gasteiger partial charge is 0.223 e. The summed E-state index contributed by atoms with van der Waals surface area (Å²) in [6.07, 6.45) is 1.09. The van der Waals surface area contributed by atoms with Crippen LogP contribution >= 0.6 is 0 Å². The molecule has 0 unspecified atom stereocenters. The van der Waals surface area contributed by atoms with E-state index in [1.54, 1.807) is 18.2 Å². The van der Waals surface area contributed by atoms with Gasteiger partial charge in [-0.05, 0) is 37.8 Å². The Morgan fingerprint density at radius 1 is 1.19 bits per heavy atom. The van der Waals surface area contributed by atoms with Crippen molar-refractivity contribution in [3.05, 3.63) is 30.1 Å². The van der Waals surface area contributed by atoms with Crippen LogP contribution in [-0.2, 0) is 4.79 Å². The molecule has 0 fully saturated rings. The first-order chi connectivity index (χ1) is 9.59. The van der Waals surface area contributed by atoms with Crippen molar-refractivity contribution < 1.29 is 13.9 Å². The molecule has 1 aromatic carbocycles. The SMILES string of the molecule is CC(C)(C)CC(C)(C)NC(=O)CCOc1ccccc1F. The van der Waals surface area contributed by atoms with E-state index in [-0.39, 0.29) is 35.6 Å². The molecule has 0 saturated heterocycles. The molecule has 1 N–H and O–H groups in total. The first-order valence-corrected chi connectivity index (χ1v) is 7.27. The second-order valence-electron chi connectivity index (χ2n) is 7.20. The van der Waals surface area contributed by atoms with E-state index in [4.69, 9.17) is 4.74 Å². The lowest BCUT2D eigenvalue weighted by Gasteiger charge is -2.33. The van der Waals surface area contributed by atoms with Gasteiger partial charge in [-0.2, -0.15) is 0 Å². The van der Waals surface area contributed by atoms with Crippen molar-refractivity contribution >= 4 is 5.91 Å². The third-order valence-corrected chi connectivity index (χ3v) is 2.87. The Labute approximate surface area is 126 Å². The fraction of sp³-hybridized carbons (Fsp3) is 0.588. The highest BCUT2D eigenvalue weighted by molar-refractivity contribution is 5.76. The number of carbonyl (C=O) groups excluding carboxylic acids is 1. The molecule has 0 aliphatic rings. The molecule has 0 aliphatic heterocycles. The van der Waals surface area contributed by atoms with Gasteiger partial charge in [0.2, 0.25) is 5.91 Å². The molecule has 1 rings (SSSR count). The molecule has 0 bridgehead atoms. The molecule has 21 heavy (non-hydrogen) atoms. The Morgan fingerprint density at radius 3 is 2.38 bits per heavy atom. The molecule has 0 radical (unpaired) electrons. The second kappa shape index (κ2) is 6.92. The van der Waals surface area contributed by atoms with E-state index < -0.39 is 5.82 Å². The summed E-state index contributed by atoms with van der Waals surface area (Å²) in [6, 6.07) is 6.19. The van der Waals surface area contributed by atoms with Crippen LogP contribution in [0.2, 0.25) is 0 Å². The van der Waals surface area contributed by atoms with Gasteiger partial charge in [0.15, 0.2) is 11.6 Å². The van der Waals surface area contributed by atoms with Crippen molar-refractivity contribution in [3.63, 3.8) is 0 Å². The lowest BCUT2D eigenvalue weighted by molar-refractivity contribution is -0.123. The molecule has 3 nitrogen and oxygen atoms in total. The van der Waals surface area contributed by atoms with E-state index in [9.17, 15) is 9.18 Å². The van der Waals surface area contributed by atoms with Crippen molar-refractivity contribution in [2.24, 2.45) is 5.41 Å². The van der Waals surface area contributed by atoms with Gasteiger partial charge in [0.1, 0.15) is 0 Å². The topological polar surface area (TPSA) is 38.3 Å². The zero-order chi connectivity index (χ0) is 16.1. The average Bonchev–Trinajstić information content (AvgIpc) is 2.27. The number of nitrogens with one attached hydrogen (secondary N) is 1. The highest BCUT2D eigenvalue weighted by Crippen LogP contribution is 2.26. The van der Waals surface area contributed by atoms with Crippen molar-refractivity contribution in [1.29, 1.82) is 0 Å². The molecule has 118 valence electrons.